The monoisotopic (exact) mass is 494 g/mol. The SMILES string of the molecule is CCNC(=O)[C@H](C)N(Cc1ccc(F)cc1)C(=O)CN(c1cc([N+](=O)[O-])ccc1C)S(C)(=O)=O. The molecule has 10 nitrogen and oxygen atoms in total. The predicted octanol–water partition coefficient (Wildman–Crippen LogP) is 2.36. The number of carbonyl (C=O) groups is 2. The number of hydrogen-bond donors (Lipinski definition) is 1. The van der Waals surface area contributed by atoms with Gasteiger partial charge in [-0.3, -0.25) is 24.0 Å². The van der Waals surface area contributed by atoms with Gasteiger partial charge in [0.2, 0.25) is 21.8 Å². The lowest BCUT2D eigenvalue weighted by Crippen LogP contribution is -2.51. The molecule has 0 unspecified atom stereocenters. The first-order chi connectivity index (χ1) is 15.8. The van der Waals surface area contributed by atoms with E-state index < -0.39 is 45.2 Å². The van der Waals surface area contributed by atoms with E-state index in [4.69, 9.17) is 0 Å². The molecular weight excluding hydrogens is 467 g/mol. The van der Waals surface area contributed by atoms with Gasteiger partial charge >= 0.3 is 0 Å². The van der Waals surface area contributed by atoms with Crippen LogP contribution in [-0.4, -0.2) is 55.4 Å². The number of rotatable bonds is 10. The van der Waals surface area contributed by atoms with E-state index in [-0.39, 0.29) is 17.9 Å². The molecule has 0 aliphatic rings. The molecule has 184 valence electrons. The summed E-state index contributed by atoms with van der Waals surface area (Å²) in [4.78, 5) is 37.6. The molecule has 34 heavy (non-hydrogen) atoms. The fraction of sp³-hybridized carbons (Fsp3) is 0.364. The van der Waals surface area contributed by atoms with Gasteiger partial charge in [-0.25, -0.2) is 12.8 Å². The Labute approximate surface area is 197 Å². The molecule has 0 saturated carbocycles. The van der Waals surface area contributed by atoms with Crippen molar-refractivity contribution in [2.75, 3.05) is 23.7 Å². The van der Waals surface area contributed by atoms with Crippen LogP contribution in [0.1, 0.15) is 25.0 Å². The summed E-state index contributed by atoms with van der Waals surface area (Å²) >= 11 is 0. The highest BCUT2D eigenvalue weighted by Gasteiger charge is 2.31. The highest BCUT2D eigenvalue weighted by atomic mass is 32.2. The molecule has 2 amide bonds. The Morgan fingerprint density at radius 3 is 2.32 bits per heavy atom. The molecule has 0 saturated heterocycles. The van der Waals surface area contributed by atoms with E-state index in [0.717, 1.165) is 16.6 Å². The van der Waals surface area contributed by atoms with E-state index in [1.807, 2.05) is 0 Å². The number of nitrogens with one attached hydrogen (secondary N) is 1. The van der Waals surface area contributed by atoms with Crippen LogP contribution in [0.3, 0.4) is 0 Å². The second-order valence-corrected chi connectivity index (χ2v) is 9.62. The molecule has 1 atom stereocenters. The summed E-state index contributed by atoms with van der Waals surface area (Å²) in [5.41, 5.74) is 0.590. The topological polar surface area (TPSA) is 130 Å². The smallest absolute Gasteiger partial charge is 0.271 e. The lowest BCUT2D eigenvalue weighted by Gasteiger charge is -2.31. The van der Waals surface area contributed by atoms with Crippen LogP contribution >= 0.6 is 0 Å². The number of benzene rings is 2. The second-order valence-electron chi connectivity index (χ2n) is 7.72. The van der Waals surface area contributed by atoms with E-state index in [0.29, 0.717) is 17.7 Å². The molecular formula is C22H27FN4O6S. The highest BCUT2D eigenvalue weighted by molar-refractivity contribution is 7.92. The number of carbonyl (C=O) groups excluding carboxylic acids is 2. The van der Waals surface area contributed by atoms with Crippen LogP contribution in [-0.2, 0) is 26.2 Å². The number of anilines is 1. The van der Waals surface area contributed by atoms with Gasteiger partial charge in [0.15, 0.2) is 0 Å². The second kappa shape index (κ2) is 11.1. The van der Waals surface area contributed by atoms with Gasteiger partial charge in [0.05, 0.1) is 16.9 Å². The average Bonchev–Trinajstić information content (AvgIpc) is 2.76. The van der Waals surface area contributed by atoms with Crippen LogP contribution in [0.4, 0.5) is 15.8 Å². The van der Waals surface area contributed by atoms with Gasteiger partial charge < -0.3 is 10.2 Å². The number of halogens is 1. The molecule has 0 fully saturated rings. The van der Waals surface area contributed by atoms with Gasteiger partial charge in [-0.2, -0.15) is 0 Å². The minimum atomic E-state index is -4.03. The molecule has 2 aromatic rings. The van der Waals surface area contributed by atoms with Gasteiger partial charge in [-0.15, -0.1) is 0 Å². The number of non-ortho nitro benzene ring substituents is 1. The van der Waals surface area contributed by atoms with E-state index in [2.05, 4.69) is 5.32 Å². The highest BCUT2D eigenvalue weighted by Crippen LogP contribution is 2.28. The maximum atomic E-state index is 13.4. The van der Waals surface area contributed by atoms with E-state index >= 15 is 0 Å². The number of hydrogen-bond acceptors (Lipinski definition) is 6. The summed E-state index contributed by atoms with van der Waals surface area (Å²) in [6.07, 6.45) is 0.885. The molecule has 0 aromatic heterocycles. The molecule has 2 rings (SSSR count). The van der Waals surface area contributed by atoms with Crippen molar-refractivity contribution in [3.05, 3.63) is 69.5 Å². The maximum Gasteiger partial charge on any atom is 0.271 e. The third-order valence-corrected chi connectivity index (χ3v) is 6.26. The number of nitrogens with zero attached hydrogens (tertiary/aromatic N) is 3. The summed E-state index contributed by atoms with van der Waals surface area (Å²) in [7, 11) is -4.03. The van der Waals surface area contributed by atoms with Crippen LogP contribution in [0, 0.1) is 22.9 Å². The Morgan fingerprint density at radius 2 is 1.79 bits per heavy atom. The van der Waals surface area contributed by atoms with Crippen LogP contribution in [0.2, 0.25) is 0 Å². The molecule has 0 aliphatic heterocycles. The maximum absolute atomic E-state index is 13.4. The zero-order valence-corrected chi connectivity index (χ0v) is 20.1. The van der Waals surface area contributed by atoms with Gasteiger partial charge in [0.1, 0.15) is 18.4 Å². The van der Waals surface area contributed by atoms with Crippen molar-refractivity contribution in [2.24, 2.45) is 0 Å². The fourth-order valence-corrected chi connectivity index (χ4v) is 4.16. The number of nitro groups is 1. The lowest BCUT2D eigenvalue weighted by atomic mass is 10.1. The molecule has 12 heteroatoms. The minimum absolute atomic E-state index is 0.0163. The third-order valence-electron chi connectivity index (χ3n) is 5.14. The fourth-order valence-electron chi connectivity index (χ4n) is 3.27. The molecule has 0 aliphatic carbocycles. The van der Waals surface area contributed by atoms with Crippen molar-refractivity contribution in [2.45, 2.75) is 33.4 Å². The van der Waals surface area contributed by atoms with Gasteiger partial charge in [-0.05, 0) is 44.0 Å². The number of likely N-dealkylation sites (N-methyl/N-ethyl adjacent to an activating group) is 1. The van der Waals surface area contributed by atoms with E-state index in [9.17, 15) is 32.5 Å². The standard InChI is InChI=1S/C22H27FN4O6S/c1-5-24-22(29)16(3)25(13-17-7-9-18(23)10-8-17)21(28)14-26(34(4,32)33)20-12-19(27(30)31)11-6-15(20)2/h6-12,16H,5,13-14H2,1-4H3,(H,24,29)/t16-/m0/s1. The summed E-state index contributed by atoms with van der Waals surface area (Å²) in [6.45, 7) is 4.33. The first-order valence-corrected chi connectivity index (χ1v) is 12.2. The Bertz CT molecular complexity index is 1170. The molecule has 0 spiro atoms. The van der Waals surface area contributed by atoms with Crippen molar-refractivity contribution >= 4 is 33.2 Å². The van der Waals surface area contributed by atoms with Crippen molar-refractivity contribution < 1.29 is 27.3 Å². The van der Waals surface area contributed by atoms with Crippen molar-refractivity contribution in [1.29, 1.82) is 0 Å². The molecule has 1 N–H and O–H groups in total. The Morgan fingerprint density at radius 1 is 1.18 bits per heavy atom. The van der Waals surface area contributed by atoms with Gasteiger partial charge in [0, 0.05) is 25.2 Å². The zero-order valence-electron chi connectivity index (χ0n) is 19.3. The molecule has 0 heterocycles. The normalized spacial score (nSPS) is 12.0. The van der Waals surface area contributed by atoms with Crippen LogP contribution in [0.5, 0.6) is 0 Å². The summed E-state index contributed by atoms with van der Waals surface area (Å²) < 4.78 is 39.3. The Kier molecular flexibility index (Phi) is 8.68. The summed E-state index contributed by atoms with van der Waals surface area (Å²) in [5, 5.41) is 13.8. The lowest BCUT2D eigenvalue weighted by molar-refractivity contribution is -0.384. The largest absolute Gasteiger partial charge is 0.355 e. The Balaban J connectivity index is 2.46. The average molecular weight is 495 g/mol. The Hall–Kier alpha value is -3.54. The molecule has 0 radical (unpaired) electrons. The third kappa shape index (κ3) is 6.73. The van der Waals surface area contributed by atoms with Gasteiger partial charge in [-0.1, -0.05) is 18.2 Å². The van der Waals surface area contributed by atoms with Crippen LogP contribution < -0.4 is 9.62 Å². The van der Waals surface area contributed by atoms with Crippen LogP contribution in [0.25, 0.3) is 0 Å². The molecule has 2 aromatic carbocycles. The van der Waals surface area contributed by atoms with Crippen LogP contribution in [0.15, 0.2) is 42.5 Å². The van der Waals surface area contributed by atoms with Crippen molar-refractivity contribution in [3.8, 4) is 0 Å². The van der Waals surface area contributed by atoms with Gasteiger partial charge in [0.25, 0.3) is 5.69 Å². The number of nitro benzene ring substituents is 1. The first kappa shape index (κ1) is 26.7. The summed E-state index contributed by atoms with van der Waals surface area (Å²) in [5.74, 6) is -1.63. The van der Waals surface area contributed by atoms with E-state index in [1.54, 1.807) is 13.8 Å². The molecule has 0 bridgehead atoms. The quantitative estimate of drug-likeness (QED) is 0.399. The summed E-state index contributed by atoms with van der Waals surface area (Å²) in [6, 6.07) is 8.08. The van der Waals surface area contributed by atoms with E-state index in [1.165, 1.54) is 48.2 Å². The predicted molar refractivity (Wildman–Crippen MR) is 125 cm³/mol. The minimum Gasteiger partial charge on any atom is -0.355 e. The number of sulfonamides is 1. The van der Waals surface area contributed by atoms with Crippen molar-refractivity contribution in [1.82, 2.24) is 10.2 Å². The number of aryl methyl sites for hydroxylation is 1. The van der Waals surface area contributed by atoms with Crippen molar-refractivity contribution in [3.63, 3.8) is 0 Å². The zero-order chi connectivity index (χ0) is 25.6. The first-order valence-electron chi connectivity index (χ1n) is 10.4. The number of amides is 2.